The predicted octanol–water partition coefficient (Wildman–Crippen LogP) is 0.377. The Bertz CT molecular complexity index is 322. The molecule has 88 valence electrons. The summed E-state index contributed by atoms with van der Waals surface area (Å²) in [7, 11) is 0. The zero-order chi connectivity index (χ0) is 11.2. The Morgan fingerprint density at radius 2 is 2.38 bits per heavy atom. The predicted molar refractivity (Wildman–Crippen MR) is 64.7 cm³/mol. The van der Waals surface area contributed by atoms with E-state index < -0.39 is 0 Å². The molecule has 0 saturated carbocycles. The summed E-state index contributed by atoms with van der Waals surface area (Å²) in [5.74, 6) is 0.0495. The monoisotopic (exact) mass is 240 g/mol. The number of piperazine rings is 1. The van der Waals surface area contributed by atoms with Gasteiger partial charge < -0.3 is 15.5 Å². The fourth-order valence-electron chi connectivity index (χ4n) is 1.66. The molecule has 1 aliphatic heterocycles. The molecule has 6 heteroatoms. The van der Waals surface area contributed by atoms with Gasteiger partial charge in [0.2, 0.25) is 5.91 Å². The Kier molecular flexibility index (Phi) is 4.26. The first-order valence-corrected chi connectivity index (χ1v) is 6.35. The van der Waals surface area contributed by atoms with Gasteiger partial charge in [-0.3, -0.25) is 4.79 Å². The number of aromatic nitrogens is 1. The van der Waals surface area contributed by atoms with Crippen molar-refractivity contribution in [2.75, 3.05) is 38.0 Å². The van der Waals surface area contributed by atoms with Crippen LogP contribution in [0.1, 0.15) is 6.42 Å². The standard InChI is InChI=1S/C10H16N4OS/c15-9(13-10-12-4-8-16-10)1-5-14-6-2-11-3-7-14/h4,8,11H,1-3,5-7H2,(H,12,13,15). The minimum atomic E-state index is 0.0495. The number of carbonyl (C=O) groups excluding carboxylic acids is 1. The van der Waals surface area contributed by atoms with Crippen LogP contribution in [0.4, 0.5) is 5.13 Å². The zero-order valence-electron chi connectivity index (χ0n) is 9.11. The van der Waals surface area contributed by atoms with E-state index in [0.717, 1.165) is 32.7 Å². The van der Waals surface area contributed by atoms with E-state index in [1.54, 1.807) is 6.20 Å². The first kappa shape index (κ1) is 11.5. The Morgan fingerprint density at radius 1 is 1.56 bits per heavy atom. The van der Waals surface area contributed by atoms with Crippen LogP contribution in [-0.4, -0.2) is 48.5 Å². The number of hydrogen-bond donors (Lipinski definition) is 2. The fourth-order valence-corrected chi connectivity index (χ4v) is 2.21. The fraction of sp³-hybridized carbons (Fsp3) is 0.600. The average Bonchev–Trinajstić information content (AvgIpc) is 2.81. The summed E-state index contributed by atoms with van der Waals surface area (Å²) in [6.45, 7) is 4.94. The van der Waals surface area contributed by atoms with Crippen LogP contribution in [0.3, 0.4) is 0 Å². The van der Waals surface area contributed by atoms with E-state index in [-0.39, 0.29) is 5.91 Å². The number of amides is 1. The normalized spacial score (nSPS) is 17.2. The van der Waals surface area contributed by atoms with E-state index in [1.165, 1.54) is 11.3 Å². The second kappa shape index (κ2) is 5.93. The van der Waals surface area contributed by atoms with Crippen molar-refractivity contribution in [3.05, 3.63) is 11.6 Å². The average molecular weight is 240 g/mol. The lowest BCUT2D eigenvalue weighted by Gasteiger charge is -2.26. The lowest BCUT2D eigenvalue weighted by atomic mass is 10.3. The molecular formula is C10H16N4OS. The number of anilines is 1. The molecule has 2 rings (SSSR count). The number of thiazole rings is 1. The van der Waals surface area contributed by atoms with Crippen LogP contribution in [0.2, 0.25) is 0 Å². The highest BCUT2D eigenvalue weighted by molar-refractivity contribution is 7.13. The van der Waals surface area contributed by atoms with Crippen LogP contribution in [0.5, 0.6) is 0 Å². The minimum absolute atomic E-state index is 0.0495. The Labute approximate surface area is 98.9 Å². The van der Waals surface area contributed by atoms with Gasteiger partial charge in [0.25, 0.3) is 0 Å². The topological polar surface area (TPSA) is 57.3 Å². The molecule has 5 nitrogen and oxygen atoms in total. The molecule has 0 atom stereocenters. The number of nitrogens with one attached hydrogen (secondary N) is 2. The van der Waals surface area contributed by atoms with E-state index >= 15 is 0 Å². The van der Waals surface area contributed by atoms with Crippen molar-refractivity contribution in [3.8, 4) is 0 Å². The SMILES string of the molecule is O=C(CCN1CCNCC1)Nc1nccs1. The maximum Gasteiger partial charge on any atom is 0.227 e. The molecule has 0 unspecified atom stereocenters. The van der Waals surface area contributed by atoms with Crippen molar-refractivity contribution >= 4 is 22.4 Å². The molecule has 16 heavy (non-hydrogen) atoms. The first-order valence-electron chi connectivity index (χ1n) is 5.47. The molecule has 0 bridgehead atoms. The number of rotatable bonds is 4. The Balaban J connectivity index is 1.67. The van der Waals surface area contributed by atoms with Gasteiger partial charge in [0, 0.05) is 50.7 Å². The van der Waals surface area contributed by atoms with Gasteiger partial charge >= 0.3 is 0 Å². The molecule has 2 N–H and O–H groups in total. The Morgan fingerprint density at radius 3 is 3.06 bits per heavy atom. The van der Waals surface area contributed by atoms with Gasteiger partial charge in [0.1, 0.15) is 0 Å². The number of nitrogens with zero attached hydrogens (tertiary/aromatic N) is 2. The molecule has 0 radical (unpaired) electrons. The summed E-state index contributed by atoms with van der Waals surface area (Å²) in [5.41, 5.74) is 0. The quantitative estimate of drug-likeness (QED) is 0.799. The molecule has 1 aliphatic rings. The van der Waals surface area contributed by atoms with Crippen molar-refractivity contribution in [2.45, 2.75) is 6.42 Å². The summed E-state index contributed by atoms with van der Waals surface area (Å²) >= 11 is 1.45. The summed E-state index contributed by atoms with van der Waals surface area (Å²) in [4.78, 5) is 17.9. The third-order valence-corrected chi connectivity index (χ3v) is 3.23. The highest BCUT2D eigenvalue weighted by Crippen LogP contribution is 2.10. The molecule has 1 aromatic rings. The van der Waals surface area contributed by atoms with Crippen molar-refractivity contribution in [1.29, 1.82) is 0 Å². The lowest BCUT2D eigenvalue weighted by Crippen LogP contribution is -2.44. The Hall–Kier alpha value is -0.980. The van der Waals surface area contributed by atoms with Gasteiger partial charge in [0.05, 0.1) is 0 Å². The van der Waals surface area contributed by atoms with Crippen LogP contribution < -0.4 is 10.6 Å². The zero-order valence-corrected chi connectivity index (χ0v) is 9.92. The highest BCUT2D eigenvalue weighted by Gasteiger charge is 2.11. The second-order valence-corrected chi connectivity index (χ2v) is 4.62. The molecule has 1 saturated heterocycles. The summed E-state index contributed by atoms with van der Waals surface area (Å²) in [6, 6.07) is 0. The smallest absolute Gasteiger partial charge is 0.227 e. The number of carbonyl (C=O) groups is 1. The third-order valence-electron chi connectivity index (χ3n) is 2.54. The molecule has 0 aromatic carbocycles. The third kappa shape index (κ3) is 3.55. The van der Waals surface area contributed by atoms with E-state index in [1.807, 2.05) is 5.38 Å². The molecule has 2 heterocycles. The molecule has 1 aromatic heterocycles. The first-order chi connectivity index (χ1) is 7.84. The van der Waals surface area contributed by atoms with Crippen molar-refractivity contribution < 1.29 is 4.79 Å². The van der Waals surface area contributed by atoms with Gasteiger partial charge in [-0.15, -0.1) is 11.3 Å². The lowest BCUT2D eigenvalue weighted by molar-refractivity contribution is -0.116. The van der Waals surface area contributed by atoms with Gasteiger partial charge in [0.15, 0.2) is 5.13 Å². The second-order valence-electron chi connectivity index (χ2n) is 3.73. The molecular weight excluding hydrogens is 224 g/mol. The van der Waals surface area contributed by atoms with Gasteiger partial charge in [-0.2, -0.15) is 0 Å². The maximum atomic E-state index is 11.6. The van der Waals surface area contributed by atoms with E-state index in [0.29, 0.717) is 11.6 Å². The minimum Gasteiger partial charge on any atom is -0.314 e. The largest absolute Gasteiger partial charge is 0.314 e. The van der Waals surface area contributed by atoms with Crippen molar-refractivity contribution in [1.82, 2.24) is 15.2 Å². The van der Waals surface area contributed by atoms with Gasteiger partial charge in [-0.05, 0) is 0 Å². The summed E-state index contributed by atoms with van der Waals surface area (Å²) in [6.07, 6.45) is 2.23. The van der Waals surface area contributed by atoms with E-state index in [4.69, 9.17) is 0 Å². The van der Waals surface area contributed by atoms with Crippen LogP contribution in [0, 0.1) is 0 Å². The molecule has 1 fully saturated rings. The molecule has 0 spiro atoms. The number of hydrogen-bond acceptors (Lipinski definition) is 5. The van der Waals surface area contributed by atoms with Crippen LogP contribution >= 0.6 is 11.3 Å². The van der Waals surface area contributed by atoms with Crippen LogP contribution in [0.25, 0.3) is 0 Å². The van der Waals surface area contributed by atoms with Gasteiger partial charge in [-0.25, -0.2) is 4.98 Å². The van der Waals surface area contributed by atoms with Crippen LogP contribution in [0.15, 0.2) is 11.6 Å². The summed E-state index contributed by atoms with van der Waals surface area (Å²) < 4.78 is 0. The highest BCUT2D eigenvalue weighted by atomic mass is 32.1. The van der Waals surface area contributed by atoms with E-state index in [9.17, 15) is 4.79 Å². The van der Waals surface area contributed by atoms with Crippen molar-refractivity contribution in [3.63, 3.8) is 0 Å². The molecule has 1 amide bonds. The van der Waals surface area contributed by atoms with Crippen LogP contribution in [-0.2, 0) is 4.79 Å². The molecule has 0 aliphatic carbocycles. The van der Waals surface area contributed by atoms with Crippen molar-refractivity contribution in [2.24, 2.45) is 0 Å². The van der Waals surface area contributed by atoms with E-state index in [2.05, 4.69) is 20.5 Å². The summed E-state index contributed by atoms with van der Waals surface area (Å²) in [5, 5.41) is 8.61. The van der Waals surface area contributed by atoms with Gasteiger partial charge in [-0.1, -0.05) is 0 Å². The maximum absolute atomic E-state index is 11.6.